The fraction of sp³-hybridized carbons (Fsp3) is 0.0741. The van der Waals surface area contributed by atoms with Gasteiger partial charge < -0.3 is 9.30 Å². The molecule has 5 rings (SSSR count). The monoisotopic (exact) mass is 512 g/mol. The molecule has 3 heterocycles. The van der Waals surface area contributed by atoms with E-state index in [-0.39, 0.29) is 22.7 Å². The highest BCUT2D eigenvalue weighted by atomic mass is 32.2. The van der Waals surface area contributed by atoms with Crippen molar-refractivity contribution in [2.24, 2.45) is 0 Å². The van der Waals surface area contributed by atoms with E-state index in [1.807, 2.05) is 42.7 Å². The molecule has 2 aromatic heterocycles. The van der Waals surface area contributed by atoms with E-state index in [1.54, 1.807) is 42.5 Å². The molecule has 0 N–H and O–H groups in total. The lowest BCUT2D eigenvalue weighted by Crippen LogP contribution is -2.27. The summed E-state index contributed by atoms with van der Waals surface area (Å²) >= 11 is 0.926. The number of rotatable bonds is 6. The van der Waals surface area contributed by atoms with Gasteiger partial charge in [-0.05, 0) is 79.7 Å². The second-order valence-electron chi connectivity index (χ2n) is 8.22. The highest BCUT2D eigenvalue weighted by molar-refractivity contribution is 8.19. The van der Waals surface area contributed by atoms with Crippen LogP contribution in [0, 0.1) is 24.0 Å². The van der Waals surface area contributed by atoms with E-state index in [0.29, 0.717) is 16.3 Å². The van der Waals surface area contributed by atoms with Crippen molar-refractivity contribution in [3.8, 4) is 17.3 Å². The van der Waals surface area contributed by atoms with E-state index in [9.17, 15) is 19.7 Å². The molecule has 10 heteroatoms. The van der Waals surface area contributed by atoms with Gasteiger partial charge in [0.05, 0.1) is 15.5 Å². The first-order chi connectivity index (χ1) is 17.8. The van der Waals surface area contributed by atoms with Gasteiger partial charge >= 0.3 is 0 Å². The number of pyridine rings is 1. The van der Waals surface area contributed by atoms with Gasteiger partial charge in [0, 0.05) is 29.2 Å². The predicted molar refractivity (Wildman–Crippen MR) is 141 cm³/mol. The van der Waals surface area contributed by atoms with Gasteiger partial charge in [0.1, 0.15) is 11.9 Å². The van der Waals surface area contributed by atoms with Crippen LogP contribution in [0.25, 0.3) is 11.8 Å². The van der Waals surface area contributed by atoms with Crippen LogP contribution in [0.1, 0.15) is 17.0 Å². The fourth-order valence-corrected chi connectivity index (χ4v) is 4.90. The quantitative estimate of drug-likeness (QED) is 0.166. The van der Waals surface area contributed by atoms with Crippen LogP contribution in [-0.2, 0) is 4.79 Å². The van der Waals surface area contributed by atoms with Crippen LogP contribution >= 0.6 is 11.8 Å². The van der Waals surface area contributed by atoms with Crippen LogP contribution in [0.5, 0.6) is 11.6 Å². The Morgan fingerprint density at radius 2 is 1.70 bits per heavy atom. The Morgan fingerprint density at radius 1 is 0.973 bits per heavy atom. The Morgan fingerprint density at radius 3 is 2.35 bits per heavy atom. The van der Waals surface area contributed by atoms with Crippen molar-refractivity contribution in [3.63, 3.8) is 0 Å². The number of nitrogens with zero attached hydrogens (tertiary/aromatic N) is 4. The van der Waals surface area contributed by atoms with Crippen molar-refractivity contribution >= 4 is 40.4 Å². The number of thioether (sulfide) groups is 1. The Hall–Kier alpha value is -4.70. The Balaban J connectivity index is 1.37. The third-order valence-electron chi connectivity index (χ3n) is 5.81. The van der Waals surface area contributed by atoms with Gasteiger partial charge in [-0.2, -0.15) is 0 Å². The summed E-state index contributed by atoms with van der Waals surface area (Å²) in [5.41, 5.74) is 4.03. The largest absolute Gasteiger partial charge is 0.439 e. The number of amides is 2. The summed E-state index contributed by atoms with van der Waals surface area (Å²) in [6, 6.07) is 20.9. The van der Waals surface area contributed by atoms with E-state index in [2.05, 4.69) is 4.98 Å². The summed E-state index contributed by atoms with van der Waals surface area (Å²) in [5.74, 6) is 0.438. The second-order valence-corrected chi connectivity index (χ2v) is 9.22. The summed E-state index contributed by atoms with van der Waals surface area (Å²) < 4.78 is 7.74. The SMILES string of the molecule is Cc1cc(C=C2SC(=O)N(c3ccccc3)C2=O)c(C)n1-c1ccc(Oc2ccc([N+](=O)[O-])cn2)cc1. The second kappa shape index (κ2) is 9.75. The van der Waals surface area contributed by atoms with Crippen LogP contribution in [0.3, 0.4) is 0 Å². The zero-order valence-corrected chi connectivity index (χ0v) is 20.6. The zero-order chi connectivity index (χ0) is 26.1. The molecule has 2 amide bonds. The number of anilines is 1. The predicted octanol–water partition coefficient (Wildman–Crippen LogP) is 6.43. The Bertz CT molecular complexity index is 1540. The number of benzene rings is 2. The van der Waals surface area contributed by atoms with Crippen molar-refractivity contribution in [3.05, 3.63) is 111 Å². The van der Waals surface area contributed by atoms with Crippen molar-refractivity contribution < 1.29 is 19.2 Å². The third kappa shape index (κ3) is 4.74. The summed E-state index contributed by atoms with van der Waals surface area (Å²) in [7, 11) is 0. The van der Waals surface area contributed by atoms with Crippen LogP contribution in [0.15, 0.2) is 83.9 Å². The summed E-state index contributed by atoms with van der Waals surface area (Å²) in [6.07, 6.45) is 2.90. The molecule has 37 heavy (non-hydrogen) atoms. The molecule has 0 spiro atoms. The molecule has 1 fully saturated rings. The molecule has 0 atom stereocenters. The number of para-hydroxylation sites is 1. The smallest absolute Gasteiger partial charge is 0.298 e. The van der Waals surface area contributed by atoms with Gasteiger partial charge in [-0.15, -0.1) is 0 Å². The maximum absolute atomic E-state index is 13.0. The molecule has 184 valence electrons. The summed E-state index contributed by atoms with van der Waals surface area (Å²) in [5, 5.41) is 10.5. The number of carbonyl (C=O) groups excluding carboxylic acids is 2. The normalized spacial score (nSPS) is 14.4. The standard InChI is InChI=1S/C27H20N4O5S/c1-17-14-19(15-24-26(32)30(27(33)37-24)20-6-4-3-5-7-20)18(2)29(17)21-8-11-23(12-9-21)36-25-13-10-22(16-28-25)31(34)35/h3-16H,1-2H3. The van der Waals surface area contributed by atoms with Gasteiger partial charge in [-0.1, -0.05) is 18.2 Å². The van der Waals surface area contributed by atoms with Crippen molar-refractivity contribution in [1.82, 2.24) is 9.55 Å². The van der Waals surface area contributed by atoms with Gasteiger partial charge in [0.25, 0.3) is 16.8 Å². The van der Waals surface area contributed by atoms with Gasteiger partial charge in [-0.3, -0.25) is 19.7 Å². The van der Waals surface area contributed by atoms with Crippen molar-refractivity contribution in [1.29, 1.82) is 0 Å². The summed E-state index contributed by atoms with van der Waals surface area (Å²) in [4.78, 5) is 41.3. The van der Waals surface area contributed by atoms with Crippen molar-refractivity contribution in [2.45, 2.75) is 13.8 Å². The van der Waals surface area contributed by atoms with Crippen LogP contribution in [0.2, 0.25) is 0 Å². The maximum Gasteiger partial charge on any atom is 0.298 e. The Labute approximate surface area is 216 Å². The number of imide groups is 1. The topological polar surface area (TPSA) is 108 Å². The highest BCUT2D eigenvalue weighted by Gasteiger charge is 2.36. The van der Waals surface area contributed by atoms with Crippen LogP contribution in [0.4, 0.5) is 16.2 Å². The lowest BCUT2D eigenvalue weighted by molar-refractivity contribution is -0.385. The first kappa shape index (κ1) is 24.0. The molecular weight excluding hydrogens is 492 g/mol. The minimum Gasteiger partial charge on any atom is -0.439 e. The third-order valence-corrected chi connectivity index (χ3v) is 6.68. The summed E-state index contributed by atoms with van der Waals surface area (Å²) in [6.45, 7) is 3.91. The number of aromatic nitrogens is 2. The van der Waals surface area contributed by atoms with Crippen LogP contribution in [-0.4, -0.2) is 25.6 Å². The van der Waals surface area contributed by atoms with Gasteiger partial charge in [0.2, 0.25) is 5.88 Å². The van der Waals surface area contributed by atoms with E-state index in [0.717, 1.165) is 40.6 Å². The lowest BCUT2D eigenvalue weighted by Gasteiger charge is -2.12. The number of hydrogen-bond donors (Lipinski definition) is 0. The van der Waals surface area contributed by atoms with E-state index >= 15 is 0 Å². The molecule has 0 saturated carbocycles. The molecule has 0 bridgehead atoms. The molecule has 1 saturated heterocycles. The first-order valence-corrected chi connectivity index (χ1v) is 12.0. The number of nitro groups is 1. The number of aryl methyl sites for hydroxylation is 1. The average molecular weight is 513 g/mol. The van der Waals surface area contributed by atoms with E-state index in [4.69, 9.17) is 4.74 Å². The number of carbonyl (C=O) groups is 2. The zero-order valence-electron chi connectivity index (χ0n) is 19.8. The Kier molecular flexibility index (Phi) is 6.33. The molecule has 0 aliphatic carbocycles. The van der Waals surface area contributed by atoms with Gasteiger partial charge in [-0.25, -0.2) is 9.88 Å². The molecular formula is C27H20N4O5S. The van der Waals surface area contributed by atoms with Crippen molar-refractivity contribution in [2.75, 3.05) is 4.90 Å². The average Bonchev–Trinajstić information content (AvgIpc) is 3.33. The van der Waals surface area contributed by atoms with E-state index in [1.165, 1.54) is 17.0 Å². The molecule has 4 aromatic rings. The first-order valence-electron chi connectivity index (χ1n) is 11.2. The minimum atomic E-state index is -0.518. The maximum atomic E-state index is 13.0. The van der Waals surface area contributed by atoms with E-state index < -0.39 is 4.92 Å². The molecule has 0 unspecified atom stereocenters. The van der Waals surface area contributed by atoms with Gasteiger partial charge in [0.15, 0.2) is 0 Å². The molecule has 9 nitrogen and oxygen atoms in total. The van der Waals surface area contributed by atoms with Crippen LogP contribution < -0.4 is 9.64 Å². The molecule has 0 radical (unpaired) electrons. The lowest BCUT2D eigenvalue weighted by atomic mass is 10.2. The molecule has 1 aliphatic rings. The number of hydrogen-bond acceptors (Lipinski definition) is 7. The molecule has 1 aliphatic heterocycles. The highest BCUT2D eigenvalue weighted by Crippen LogP contribution is 2.36. The fourth-order valence-electron chi connectivity index (χ4n) is 4.06. The number of ether oxygens (including phenoxy) is 1. The molecule has 2 aromatic carbocycles. The minimum absolute atomic E-state index is 0.109.